The van der Waals surface area contributed by atoms with Gasteiger partial charge in [0, 0.05) is 48.2 Å². The van der Waals surface area contributed by atoms with Crippen LogP contribution >= 0.6 is 0 Å². The van der Waals surface area contributed by atoms with Gasteiger partial charge in [0.15, 0.2) is 0 Å². The summed E-state index contributed by atoms with van der Waals surface area (Å²) in [5, 5.41) is 1.89. The van der Waals surface area contributed by atoms with E-state index in [1.807, 2.05) is 60.7 Å². The summed E-state index contributed by atoms with van der Waals surface area (Å²) in [6.45, 7) is 2.54. The number of pyridine rings is 1. The van der Waals surface area contributed by atoms with Gasteiger partial charge in [-0.3, -0.25) is 15.1 Å². The number of fused-ring (bicyclic) bond motifs is 3. The summed E-state index contributed by atoms with van der Waals surface area (Å²) in [5.74, 6) is -0.392. The zero-order chi connectivity index (χ0) is 26.9. The number of hydrogen-bond acceptors (Lipinski definition) is 6. The molecule has 8 nitrogen and oxygen atoms in total. The van der Waals surface area contributed by atoms with E-state index in [1.54, 1.807) is 24.3 Å². The number of piperazine rings is 1. The summed E-state index contributed by atoms with van der Waals surface area (Å²) in [6.07, 6.45) is 0.446. The average Bonchev–Trinajstić information content (AvgIpc) is 3.55. The molecule has 0 spiro atoms. The number of amides is 2. The number of ether oxygens (including phenoxy) is 1. The number of rotatable bonds is 5. The van der Waals surface area contributed by atoms with Crippen molar-refractivity contribution in [2.24, 2.45) is 0 Å². The summed E-state index contributed by atoms with van der Waals surface area (Å²) in [7, 11) is 3.48. The smallest absolute Gasteiger partial charge is 0.433 e. The number of methoxy groups -OCH3 is 1. The number of carbonyl (C=O) groups excluding carboxylic acids is 2. The maximum Gasteiger partial charge on any atom is 0.433 e. The third-order valence-electron chi connectivity index (χ3n) is 7.84. The van der Waals surface area contributed by atoms with E-state index >= 15 is 0 Å². The first-order valence-electron chi connectivity index (χ1n) is 13.2. The lowest BCUT2D eigenvalue weighted by atomic mass is 9.95. The van der Waals surface area contributed by atoms with Crippen LogP contribution in [0.4, 0.5) is 10.5 Å². The first kappa shape index (κ1) is 25.0. The summed E-state index contributed by atoms with van der Waals surface area (Å²) < 4.78 is 5.01. The summed E-state index contributed by atoms with van der Waals surface area (Å²) in [6, 6.07) is 27.6. The van der Waals surface area contributed by atoms with Gasteiger partial charge in [-0.05, 0) is 31.7 Å². The minimum atomic E-state index is -0.683. The van der Waals surface area contributed by atoms with Crippen LogP contribution in [-0.2, 0) is 11.3 Å². The molecule has 8 heteroatoms. The highest BCUT2D eigenvalue weighted by molar-refractivity contribution is 6.10. The van der Waals surface area contributed by atoms with Crippen molar-refractivity contribution in [3.05, 3.63) is 96.1 Å². The fraction of sp³-hybridized carbons (Fsp3) is 0.258. The standard InChI is InChI=1S/C31H31N5O3/c1-34-18-24-17-23(34)19-35(24)20-26-28(30(37)33-36(31(38)39-2)22-13-7-4-8-14-22)25-15-9-10-16-27(25)32-29(26)21-11-5-3-6-12-21/h3-16,23-24H,17-20H2,1-2H3,(H,33,37)/t23-,24-/m0/s1. The molecule has 2 fully saturated rings. The van der Waals surface area contributed by atoms with E-state index < -0.39 is 12.0 Å². The first-order valence-corrected chi connectivity index (χ1v) is 13.2. The minimum absolute atomic E-state index is 0.392. The quantitative estimate of drug-likeness (QED) is 0.384. The Kier molecular flexibility index (Phi) is 6.72. The van der Waals surface area contributed by atoms with E-state index in [9.17, 15) is 9.59 Å². The van der Waals surface area contributed by atoms with Crippen LogP contribution in [0.3, 0.4) is 0 Å². The Morgan fingerprint density at radius 3 is 2.31 bits per heavy atom. The molecule has 2 atom stereocenters. The van der Waals surface area contributed by atoms with E-state index in [0.717, 1.165) is 52.2 Å². The monoisotopic (exact) mass is 521 g/mol. The second kappa shape index (κ2) is 10.5. The van der Waals surface area contributed by atoms with Crippen molar-refractivity contribution < 1.29 is 14.3 Å². The van der Waals surface area contributed by atoms with E-state index in [0.29, 0.717) is 29.9 Å². The number of hydrogen-bond donors (Lipinski definition) is 1. The molecule has 6 rings (SSSR count). The predicted molar refractivity (Wildman–Crippen MR) is 151 cm³/mol. The van der Waals surface area contributed by atoms with E-state index in [1.165, 1.54) is 7.11 Å². The normalized spacial score (nSPS) is 18.8. The molecular formula is C31H31N5O3. The third-order valence-corrected chi connectivity index (χ3v) is 7.84. The summed E-state index contributed by atoms with van der Waals surface area (Å²) in [4.78, 5) is 37.0. The second-order valence-electron chi connectivity index (χ2n) is 10.2. The lowest BCUT2D eigenvalue weighted by Crippen LogP contribution is -2.47. The van der Waals surface area contributed by atoms with Crippen molar-refractivity contribution in [1.82, 2.24) is 20.2 Å². The van der Waals surface area contributed by atoms with Gasteiger partial charge in [0.25, 0.3) is 5.91 Å². The largest absolute Gasteiger partial charge is 0.451 e. The number of nitrogens with one attached hydrogen (secondary N) is 1. The Labute approximate surface area is 227 Å². The molecule has 3 heterocycles. The molecule has 198 valence electrons. The number of para-hydroxylation sites is 2. The van der Waals surface area contributed by atoms with Crippen LogP contribution in [0.2, 0.25) is 0 Å². The predicted octanol–water partition coefficient (Wildman–Crippen LogP) is 4.71. The van der Waals surface area contributed by atoms with Crippen LogP contribution in [0.5, 0.6) is 0 Å². The number of likely N-dealkylation sites (N-methyl/N-ethyl adjacent to an activating group) is 1. The third kappa shape index (κ3) is 4.73. The molecule has 2 aliphatic rings. The van der Waals surface area contributed by atoms with Crippen molar-refractivity contribution in [3.63, 3.8) is 0 Å². The molecule has 39 heavy (non-hydrogen) atoms. The Balaban J connectivity index is 1.49. The zero-order valence-corrected chi connectivity index (χ0v) is 22.1. The number of aromatic nitrogens is 1. The minimum Gasteiger partial charge on any atom is -0.451 e. The zero-order valence-electron chi connectivity index (χ0n) is 22.1. The van der Waals surface area contributed by atoms with Crippen molar-refractivity contribution in [1.29, 1.82) is 0 Å². The summed E-state index contributed by atoms with van der Waals surface area (Å²) in [5.41, 5.74) is 7.15. The topological polar surface area (TPSA) is 78.0 Å². The maximum absolute atomic E-state index is 14.2. The van der Waals surface area contributed by atoms with E-state index in [-0.39, 0.29) is 0 Å². The molecule has 4 aromatic rings. The maximum atomic E-state index is 14.2. The van der Waals surface area contributed by atoms with Gasteiger partial charge in [0.2, 0.25) is 0 Å². The van der Waals surface area contributed by atoms with Crippen LogP contribution in [-0.4, -0.2) is 66.1 Å². The molecule has 0 radical (unpaired) electrons. The van der Waals surface area contributed by atoms with Gasteiger partial charge < -0.3 is 9.64 Å². The van der Waals surface area contributed by atoms with E-state index in [2.05, 4.69) is 22.3 Å². The number of hydrazine groups is 1. The lowest BCUT2D eigenvalue weighted by molar-refractivity contribution is 0.0938. The Morgan fingerprint density at radius 2 is 1.64 bits per heavy atom. The fourth-order valence-electron chi connectivity index (χ4n) is 5.89. The van der Waals surface area contributed by atoms with Gasteiger partial charge in [-0.15, -0.1) is 0 Å². The van der Waals surface area contributed by atoms with Gasteiger partial charge >= 0.3 is 6.09 Å². The molecule has 2 saturated heterocycles. The Morgan fingerprint density at radius 1 is 0.949 bits per heavy atom. The van der Waals surface area contributed by atoms with Crippen LogP contribution in [0, 0.1) is 0 Å². The number of nitrogens with zero attached hydrogens (tertiary/aromatic N) is 4. The van der Waals surface area contributed by atoms with Gasteiger partial charge in [0.05, 0.1) is 29.6 Å². The number of likely N-dealkylation sites (tertiary alicyclic amines) is 2. The molecule has 1 N–H and O–H groups in total. The highest BCUT2D eigenvalue weighted by Gasteiger charge is 2.42. The molecule has 2 aliphatic heterocycles. The van der Waals surface area contributed by atoms with Gasteiger partial charge in [-0.25, -0.2) is 9.78 Å². The number of anilines is 1. The Bertz CT molecular complexity index is 1510. The van der Waals surface area contributed by atoms with Crippen molar-refractivity contribution in [3.8, 4) is 11.3 Å². The highest BCUT2D eigenvalue weighted by atomic mass is 16.5. The van der Waals surface area contributed by atoms with Crippen molar-refractivity contribution in [2.45, 2.75) is 25.0 Å². The molecule has 0 saturated carbocycles. The van der Waals surface area contributed by atoms with Gasteiger partial charge in [-0.2, -0.15) is 5.01 Å². The molecule has 0 aliphatic carbocycles. The van der Waals surface area contributed by atoms with Crippen LogP contribution < -0.4 is 10.4 Å². The van der Waals surface area contributed by atoms with Crippen molar-refractivity contribution >= 4 is 28.6 Å². The van der Waals surface area contributed by atoms with E-state index in [4.69, 9.17) is 9.72 Å². The second-order valence-corrected chi connectivity index (χ2v) is 10.2. The fourth-order valence-corrected chi connectivity index (χ4v) is 5.89. The Hall–Kier alpha value is -4.27. The molecule has 3 aromatic carbocycles. The van der Waals surface area contributed by atoms with Gasteiger partial charge in [-0.1, -0.05) is 66.7 Å². The van der Waals surface area contributed by atoms with Crippen LogP contribution in [0.1, 0.15) is 22.3 Å². The number of benzene rings is 3. The highest BCUT2D eigenvalue weighted by Crippen LogP contribution is 2.36. The van der Waals surface area contributed by atoms with Crippen LogP contribution in [0.15, 0.2) is 84.9 Å². The first-order chi connectivity index (χ1) is 19.0. The average molecular weight is 522 g/mol. The summed E-state index contributed by atoms with van der Waals surface area (Å²) >= 11 is 0. The molecule has 2 bridgehead atoms. The molecule has 2 amide bonds. The molecule has 0 unspecified atom stereocenters. The molecule has 1 aromatic heterocycles. The van der Waals surface area contributed by atoms with Crippen LogP contribution in [0.25, 0.3) is 22.2 Å². The SMILES string of the molecule is COC(=O)N(NC(=O)c1c(CN2C[C@@H]3C[C@H]2CN3C)c(-c2ccccc2)nc2ccccc12)c1ccccc1. The van der Waals surface area contributed by atoms with Crippen molar-refractivity contribution in [2.75, 3.05) is 32.3 Å². The molecular weight excluding hydrogens is 490 g/mol. The number of carbonyl (C=O) groups is 2. The van der Waals surface area contributed by atoms with Gasteiger partial charge in [0.1, 0.15) is 0 Å². The lowest BCUT2D eigenvalue weighted by Gasteiger charge is -2.33.